The van der Waals surface area contributed by atoms with Gasteiger partial charge in [-0.3, -0.25) is 0 Å². The number of benzene rings is 1. The Kier molecular flexibility index (Phi) is 4.59. The largest absolute Gasteiger partial charge is 0.507 e. The number of piperidine rings is 1. The average molecular weight is 371 g/mol. The number of hydrogen-bond donors (Lipinski definition) is 1. The minimum atomic E-state index is 0.131. The Morgan fingerprint density at radius 3 is 2.85 bits per heavy atom. The molecule has 136 valence electrons. The minimum absolute atomic E-state index is 0.131. The highest BCUT2D eigenvalue weighted by molar-refractivity contribution is 6.31. The van der Waals surface area contributed by atoms with Crippen LogP contribution in [-0.4, -0.2) is 44.4 Å². The Labute approximate surface area is 158 Å². The summed E-state index contributed by atoms with van der Waals surface area (Å²) in [5.41, 5.74) is 3.12. The van der Waals surface area contributed by atoms with Crippen molar-refractivity contribution in [3.05, 3.63) is 41.0 Å². The fraction of sp³-hybridized carbons (Fsp3) is 0.400. The second-order valence-corrected chi connectivity index (χ2v) is 7.66. The molecule has 3 aromatic rings. The topological polar surface area (TPSA) is 54.2 Å². The second-order valence-electron chi connectivity index (χ2n) is 7.22. The van der Waals surface area contributed by atoms with Gasteiger partial charge in [0.25, 0.3) is 0 Å². The number of aromatic hydroxyl groups is 1. The Hall–Kier alpha value is -2.11. The number of likely N-dealkylation sites (tertiary alicyclic amines) is 1. The van der Waals surface area contributed by atoms with Crippen LogP contribution < -0.4 is 0 Å². The van der Waals surface area contributed by atoms with Gasteiger partial charge in [-0.2, -0.15) is 0 Å². The summed E-state index contributed by atoms with van der Waals surface area (Å²) in [7, 11) is 2.20. The lowest BCUT2D eigenvalue weighted by Crippen LogP contribution is -2.39. The van der Waals surface area contributed by atoms with Gasteiger partial charge in [0.05, 0.1) is 5.69 Å². The van der Waals surface area contributed by atoms with Crippen molar-refractivity contribution in [2.24, 2.45) is 0 Å². The van der Waals surface area contributed by atoms with Gasteiger partial charge in [0.1, 0.15) is 5.75 Å². The van der Waals surface area contributed by atoms with Crippen LogP contribution in [0.5, 0.6) is 5.75 Å². The molecule has 26 heavy (non-hydrogen) atoms. The Morgan fingerprint density at radius 2 is 2.08 bits per heavy atom. The molecular weight excluding hydrogens is 348 g/mol. The zero-order valence-electron chi connectivity index (χ0n) is 15.1. The highest BCUT2D eigenvalue weighted by Crippen LogP contribution is 2.34. The highest BCUT2D eigenvalue weighted by Gasteiger charge is 2.20. The smallest absolute Gasteiger partial charge is 0.162 e. The van der Waals surface area contributed by atoms with Crippen LogP contribution in [0.2, 0.25) is 5.02 Å². The van der Waals surface area contributed by atoms with E-state index < -0.39 is 0 Å². The molecule has 3 heterocycles. The summed E-state index contributed by atoms with van der Waals surface area (Å²) < 4.78 is 2.19. The van der Waals surface area contributed by atoms with Crippen molar-refractivity contribution in [2.75, 3.05) is 13.6 Å². The van der Waals surface area contributed by atoms with Crippen LogP contribution in [0, 0.1) is 6.92 Å². The van der Waals surface area contributed by atoms with Crippen LogP contribution in [0.25, 0.3) is 22.3 Å². The van der Waals surface area contributed by atoms with Crippen molar-refractivity contribution < 1.29 is 5.11 Å². The standard InChI is InChI=1S/C20H23ClN4O/c1-13-9-15(21)11-18(26)19(13)17-10-14-6-8-25(20(14)23-22-17)12-16-5-3-4-7-24(16)2/h6,8-11,16,26H,3-5,7,12H2,1-2H3. The SMILES string of the molecule is Cc1cc(Cl)cc(O)c1-c1cc2ccn(CC3CCCCN3C)c2nn1. The van der Waals surface area contributed by atoms with Gasteiger partial charge in [0.15, 0.2) is 5.65 Å². The number of hydrogen-bond acceptors (Lipinski definition) is 4. The molecule has 1 aromatic carbocycles. The normalized spacial score (nSPS) is 18.5. The van der Waals surface area contributed by atoms with Crippen LogP contribution in [0.3, 0.4) is 0 Å². The van der Waals surface area contributed by atoms with E-state index in [4.69, 9.17) is 11.6 Å². The van der Waals surface area contributed by atoms with Gasteiger partial charge in [0.2, 0.25) is 0 Å². The summed E-state index contributed by atoms with van der Waals surface area (Å²) in [6, 6.07) is 7.97. The van der Waals surface area contributed by atoms with Crippen LogP contribution in [-0.2, 0) is 6.54 Å². The lowest BCUT2D eigenvalue weighted by molar-refractivity contribution is 0.168. The number of phenolic OH excluding ortho intramolecular Hbond substituents is 1. The number of halogens is 1. The van der Waals surface area contributed by atoms with E-state index in [1.54, 1.807) is 6.07 Å². The van der Waals surface area contributed by atoms with Gasteiger partial charge in [-0.25, -0.2) is 0 Å². The molecule has 1 saturated heterocycles. The molecule has 2 aromatic heterocycles. The molecule has 0 aliphatic carbocycles. The molecule has 0 bridgehead atoms. The predicted octanol–water partition coefficient (Wildman–Crippen LogP) is 4.25. The lowest BCUT2D eigenvalue weighted by atomic mass is 10.0. The van der Waals surface area contributed by atoms with Crippen molar-refractivity contribution in [1.29, 1.82) is 0 Å². The van der Waals surface area contributed by atoms with Gasteiger partial charge < -0.3 is 14.6 Å². The molecule has 1 unspecified atom stereocenters. The van der Waals surface area contributed by atoms with Crippen molar-refractivity contribution in [2.45, 2.75) is 38.8 Å². The van der Waals surface area contributed by atoms with E-state index in [1.807, 2.05) is 19.1 Å². The minimum Gasteiger partial charge on any atom is -0.507 e. The number of aromatic nitrogens is 3. The monoisotopic (exact) mass is 370 g/mol. The molecule has 0 spiro atoms. The third-order valence-electron chi connectivity index (χ3n) is 5.37. The summed E-state index contributed by atoms with van der Waals surface area (Å²) in [4.78, 5) is 2.44. The van der Waals surface area contributed by atoms with Crippen molar-refractivity contribution in [3.8, 4) is 17.0 Å². The van der Waals surface area contributed by atoms with Gasteiger partial charge in [-0.1, -0.05) is 18.0 Å². The van der Waals surface area contributed by atoms with Crippen LogP contribution in [0.15, 0.2) is 30.5 Å². The van der Waals surface area contributed by atoms with Gasteiger partial charge >= 0.3 is 0 Å². The highest BCUT2D eigenvalue weighted by atomic mass is 35.5. The van der Waals surface area contributed by atoms with Crippen LogP contribution >= 0.6 is 11.6 Å². The molecule has 1 aliphatic rings. The molecular formula is C20H23ClN4O. The van der Waals surface area contributed by atoms with E-state index in [0.29, 0.717) is 22.3 Å². The fourth-order valence-corrected chi connectivity index (χ4v) is 4.18. The third-order valence-corrected chi connectivity index (χ3v) is 5.59. The predicted molar refractivity (Wildman–Crippen MR) is 105 cm³/mol. The van der Waals surface area contributed by atoms with E-state index in [1.165, 1.54) is 19.3 Å². The third kappa shape index (κ3) is 3.17. The molecule has 4 rings (SSSR count). The first-order valence-corrected chi connectivity index (χ1v) is 9.43. The van der Waals surface area contributed by atoms with Crippen molar-refractivity contribution in [3.63, 3.8) is 0 Å². The number of rotatable bonds is 3. The molecule has 1 N–H and O–H groups in total. The maximum Gasteiger partial charge on any atom is 0.162 e. The van der Waals surface area contributed by atoms with Crippen molar-refractivity contribution in [1.82, 2.24) is 19.7 Å². The molecule has 1 fully saturated rings. The van der Waals surface area contributed by atoms with E-state index in [-0.39, 0.29) is 5.75 Å². The van der Waals surface area contributed by atoms with E-state index in [0.717, 1.165) is 29.7 Å². The van der Waals surface area contributed by atoms with Gasteiger partial charge in [-0.15, -0.1) is 10.2 Å². The number of nitrogens with zero attached hydrogens (tertiary/aromatic N) is 4. The molecule has 1 atom stereocenters. The molecule has 1 aliphatic heterocycles. The molecule has 0 radical (unpaired) electrons. The van der Waals surface area contributed by atoms with Crippen molar-refractivity contribution >= 4 is 22.6 Å². The molecule has 0 saturated carbocycles. The number of fused-ring (bicyclic) bond motifs is 1. The second kappa shape index (κ2) is 6.89. The molecule has 6 heteroatoms. The summed E-state index contributed by atoms with van der Waals surface area (Å²) in [5, 5.41) is 20.7. The Bertz CT molecular complexity index is 929. The van der Waals surface area contributed by atoms with Crippen LogP contribution in [0.1, 0.15) is 24.8 Å². The zero-order valence-corrected chi connectivity index (χ0v) is 15.9. The van der Waals surface area contributed by atoms with E-state index in [2.05, 4.69) is 39.0 Å². The van der Waals surface area contributed by atoms with E-state index >= 15 is 0 Å². The first-order valence-electron chi connectivity index (χ1n) is 9.05. The average Bonchev–Trinajstić information content (AvgIpc) is 2.98. The molecule has 0 amide bonds. The number of phenols is 1. The maximum atomic E-state index is 10.3. The summed E-state index contributed by atoms with van der Waals surface area (Å²) in [6.07, 6.45) is 5.88. The Balaban J connectivity index is 1.68. The summed E-state index contributed by atoms with van der Waals surface area (Å²) in [5.74, 6) is 0.131. The van der Waals surface area contributed by atoms with Gasteiger partial charge in [0, 0.05) is 34.8 Å². The fourth-order valence-electron chi connectivity index (χ4n) is 3.92. The molecule has 5 nitrogen and oxygen atoms in total. The maximum absolute atomic E-state index is 10.3. The first-order chi connectivity index (χ1) is 12.5. The number of likely N-dealkylation sites (N-methyl/N-ethyl adjacent to an activating group) is 1. The van der Waals surface area contributed by atoms with Gasteiger partial charge in [-0.05, 0) is 63.2 Å². The Morgan fingerprint density at radius 1 is 1.23 bits per heavy atom. The summed E-state index contributed by atoms with van der Waals surface area (Å²) >= 11 is 6.01. The van der Waals surface area contributed by atoms with E-state index in [9.17, 15) is 5.11 Å². The zero-order chi connectivity index (χ0) is 18.3. The first kappa shape index (κ1) is 17.3. The number of aryl methyl sites for hydroxylation is 1. The summed E-state index contributed by atoms with van der Waals surface area (Å²) in [6.45, 7) is 4.00. The quantitative estimate of drug-likeness (QED) is 0.748. The lowest BCUT2D eigenvalue weighted by Gasteiger charge is -2.32. The van der Waals surface area contributed by atoms with Crippen LogP contribution in [0.4, 0.5) is 0 Å².